The molecule has 37 heavy (non-hydrogen) atoms. The number of benzene rings is 2. The number of carbonyl (C=O) groups excluding carboxylic acids is 2. The first-order chi connectivity index (χ1) is 18.0. The van der Waals surface area contributed by atoms with E-state index in [1.165, 1.54) is 4.88 Å². The van der Waals surface area contributed by atoms with Gasteiger partial charge >= 0.3 is 6.03 Å². The smallest absolute Gasteiger partial charge is 0.322 e. The minimum atomic E-state index is -0.294. The van der Waals surface area contributed by atoms with Gasteiger partial charge in [-0.15, -0.1) is 11.3 Å². The van der Waals surface area contributed by atoms with Gasteiger partial charge < -0.3 is 24.6 Å². The molecule has 0 saturated heterocycles. The highest BCUT2D eigenvalue weighted by Crippen LogP contribution is 2.36. The summed E-state index contributed by atoms with van der Waals surface area (Å²) >= 11 is 7.79. The van der Waals surface area contributed by atoms with Crippen LogP contribution in [0.25, 0.3) is 0 Å². The Hall–Kier alpha value is -3.23. The summed E-state index contributed by atoms with van der Waals surface area (Å²) in [5.74, 6) is 1.63. The van der Waals surface area contributed by atoms with E-state index in [0.717, 1.165) is 24.8 Å². The van der Waals surface area contributed by atoms with E-state index < -0.39 is 0 Å². The lowest BCUT2D eigenvalue weighted by molar-refractivity contribution is -0.135. The van der Waals surface area contributed by atoms with E-state index in [4.69, 9.17) is 21.1 Å². The molecule has 3 amide bonds. The quantitative estimate of drug-likeness (QED) is 0.370. The molecule has 1 fully saturated rings. The van der Waals surface area contributed by atoms with Gasteiger partial charge in [0.1, 0.15) is 13.2 Å². The van der Waals surface area contributed by atoms with Crippen molar-refractivity contribution in [3.05, 3.63) is 75.4 Å². The van der Waals surface area contributed by atoms with Crippen LogP contribution < -0.4 is 14.8 Å². The Kier molecular flexibility index (Phi) is 7.86. The van der Waals surface area contributed by atoms with E-state index in [1.807, 2.05) is 29.2 Å². The number of rotatable bonds is 9. The molecular weight excluding hydrogens is 510 g/mol. The van der Waals surface area contributed by atoms with E-state index in [1.54, 1.807) is 47.6 Å². The number of carbonyl (C=O) groups is 2. The Morgan fingerprint density at radius 1 is 1.14 bits per heavy atom. The van der Waals surface area contributed by atoms with Gasteiger partial charge in [0.15, 0.2) is 11.5 Å². The second-order valence-corrected chi connectivity index (χ2v) is 10.8. The predicted molar refractivity (Wildman–Crippen MR) is 146 cm³/mol. The normalized spacial score (nSPS) is 16.6. The number of halogens is 1. The first kappa shape index (κ1) is 25.4. The van der Waals surface area contributed by atoms with Crippen LogP contribution in [0.4, 0.5) is 10.5 Å². The molecule has 7 nitrogen and oxygen atoms in total. The van der Waals surface area contributed by atoms with Crippen molar-refractivity contribution in [2.75, 3.05) is 38.7 Å². The molecule has 5 rings (SSSR count). The molecule has 1 aliphatic heterocycles. The van der Waals surface area contributed by atoms with Gasteiger partial charge in [0.05, 0.1) is 13.2 Å². The van der Waals surface area contributed by atoms with E-state index in [2.05, 4.69) is 16.8 Å². The molecule has 3 aromatic rings. The number of amides is 3. The molecule has 9 heteroatoms. The number of urea groups is 1. The van der Waals surface area contributed by atoms with Crippen molar-refractivity contribution in [2.24, 2.45) is 5.92 Å². The molecule has 2 aliphatic rings. The monoisotopic (exact) mass is 539 g/mol. The molecule has 0 bridgehead atoms. The van der Waals surface area contributed by atoms with Crippen LogP contribution in [0.1, 0.15) is 29.3 Å². The van der Waals surface area contributed by atoms with Gasteiger partial charge in [-0.05, 0) is 72.5 Å². The zero-order valence-corrected chi connectivity index (χ0v) is 22.3. The minimum absolute atomic E-state index is 0.00747. The summed E-state index contributed by atoms with van der Waals surface area (Å²) in [6, 6.07) is 16.1. The summed E-state index contributed by atoms with van der Waals surface area (Å²) in [4.78, 5) is 31.6. The fraction of sp³-hybridized carbons (Fsp3) is 0.357. The zero-order valence-electron chi connectivity index (χ0n) is 20.7. The van der Waals surface area contributed by atoms with Crippen LogP contribution in [0.3, 0.4) is 0 Å². The molecule has 194 valence electrons. The maximum Gasteiger partial charge on any atom is 0.322 e. The SMILES string of the molecule is COc1ccccc1OC[C@@H]1c2ccsc2CCN1C(=O)CN(CC1CC1)C(=O)Nc1cccc(Cl)c1. The predicted octanol–water partition coefficient (Wildman–Crippen LogP) is 5.86. The number of methoxy groups -OCH3 is 1. The molecule has 2 heterocycles. The third kappa shape index (κ3) is 6.19. The second-order valence-electron chi connectivity index (χ2n) is 9.38. The number of nitrogens with one attached hydrogen (secondary N) is 1. The molecule has 1 aliphatic carbocycles. The van der Waals surface area contributed by atoms with Crippen molar-refractivity contribution in [3.63, 3.8) is 0 Å². The Labute approximate surface area is 225 Å². The largest absolute Gasteiger partial charge is 0.493 e. The Balaban J connectivity index is 1.31. The fourth-order valence-corrected chi connectivity index (χ4v) is 5.75. The first-order valence-electron chi connectivity index (χ1n) is 12.4. The van der Waals surface area contributed by atoms with E-state index in [-0.39, 0.29) is 24.5 Å². The number of fused-ring (bicyclic) bond motifs is 1. The van der Waals surface area contributed by atoms with Gasteiger partial charge in [-0.25, -0.2) is 4.79 Å². The Bertz CT molecular complexity index is 1260. The van der Waals surface area contributed by atoms with Crippen LogP contribution in [0.2, 0.25) is 5.02 Å². The number of ether oxygens (including phenoxy) is 2. The number of nitrogens with zero attached hydrogens (tertiary/aromatic N) is 2. The third-order valence-corrected chi connectivity index (χ3v) is 7.98. The standard InChI is InChI=1S/C28H30ClN3O4S/c1-35-24-7-2-3-8-25(24)36-18-23-22-12-14-37-26(22)11-13-32(23)27(33)17-31(16-19-9-10-19)28(34)30-21-6-4-5-20(29)15-21/h2-8,12,14-15,19,23H,9-11,13,16-18H2,1H3,(H,30,34)/t23-/m1/s1. The Morgan fingerprint density at radius 2 is 1.95 bits per heavy atom. The van der Waals surface area contributed by atoms with Gasteiger partial charge in [-0.3, -0.25) is 4.79 Å². The average molecular weight is 540 g/mol. The number of hydrogen-bond acceptors (Lipinski definition) is 5. The van der Waals surface area contributed by atoms with Crippen LogP contribution in [0.5, 0.6) is 11.5 Å². The molecule has 0 radical (unpaired) electrons. The van der Waals surface area contributed by atoms with Crippen LogP contribution in [-0.4, -0.2) is 55.1 Å². The fourth-order valence-electron chi connectivity index (χ4n) is 4.64. The summed E-state index contributed by atoms with van der Waals surface area (Å²) in [6.45, 7) is 1.44. The second kappa shape index (κ2) is 11.4. The number of anilines is 1. The molecule has 0 spiro atoms. The van der Waals surface area contributed by atoms with Gasteiger partial charge in [-0.1, -0.05) is 29.8 Å². The van der Waals surface area contributed by atoms with E-state index >= 15 is 0 Å². The van der Waals surface area contributed by atoms with Crippen molar-refractivity contribution in [1.82, 2.24) is 9.80 Å². The number of thiophene rings is 1. The third-order valence-electron chi connectivity index (χ3n) is 6.75. The van der Waals surface area contributed by atoms with Crippen molar-refractivity contribution >= 4 is 40.6 Å². The summed E-state index contributed by atoms with van der Waals surface area (Å²) in [7, 11) is 1.61. The topological polar surface area (TPSA) is 71.1 Å². The average Bonchev–Trinajstić information content (AvgIpc) is 3.59. The lowest BCUT2D eigenvalue weighted by Gasteiger charge is -2.37. The van der Waals surface area contributed by atoms with Crippen molar-refractivity contribution < 1.29 is 19.1 Å². The summed E-state index contributed by atoms with van der Waals surface area (Å²) in [6.07, 6.45) is 2.94. The molecule has 0 unspecified atom stereocenters. The van der Waals surface area contributed by atoms with Gasteiger partial charge in [0.25, 0.3) is 0 Å². The van der Waals surface area contributed by atoms with Gasteiger partial charge in [0.2, 0.25) is 5.91 Å². The number of para-hydroxylation sites is 2. The summed E-state index contributed by atoms with van der Waals surface area (Å²) < 4.78 is 11.6. The highest BCUT2D eigenvalue weighted by Gasteiger charge is 2.35. The first-order valence-corrected chi connectivity index (χ1v) is 13.7. The molecule has 1 aromatic heterocycles. The zero-order chi connectivity index (χ0) is 25.8. The van der Waals surface area contributed by atoms with Crippen LogP contribution in [0, 0.1) is 5.92 Å². The highest BCUT2D eigenvalue weighted by atomic mass is 35.5. The molecule has 1 saturated carbocycles. The summed E-state index contributed by atoms with van der Waals surface area (Å²) in [5.41, 5.74) is 1.71. The van der Waals surface area contributed by atoms with Gasteiger partial charge in [-0.2, -0.15) is 0 Å². The maximum atomic E-state index is 13.7. The van der Waals surface area contributed by atoms with Crippen LogP contribution >= 0.6 is 22.9 Å². The Morgan fingerprint density at radius 3 is 2.70 bits per heavy atom. The lowest BCUT2D eigenvalue weighted by atomic mass is 10.0. The maximum absolute atomic E-state index is 13.7. The molecule has 1 atom stereocenters. The van der Waals surface area contributed by atoms with Crippen LogP contribution in [-0.2, 0) is 11.2 Å². The van der Waals surface area contributed by atoms with Gasteiger partial charge in [0, 0.05) is 28.7 Å². The molecular formula is C28H30ClN3O4S. The molecule has 2 aromatic carbocycles. The molecule has 1 N–H and O–H groups in total. The number of hydrogen-bond donors (Lipinski definition) is 1. The van der Waals surface area contributed by atoms with Crippen molar-refractivity contribution in [3.8, 4) is 11.5 Å². The van der Waals surface area contributed by atoms with E-state index in [9.17, 15) is 9.59 Å². The highest BCUT2D eigenvalue weighted by molar-refractivity contribution is 7.10. The van der Waals surface area contributed by atoms with E-state index in [0.29, 0.717) is 47.8 Å². The minimum Gasteiger partial charge on any atom is -0.493 e. The lowest BCUT2D eigenvalue weighted by Crippen LogP contribution is -2.49. The van der Waals surface area contributed by atoms with Crippen LogP contribution in [0.15, 0.2) is 60.0 Å². The van der Waals surface area contributed by atoms with Crippen molar-refractivity contribution in [1.29, 1.82) is 0 Å². The van der Waals surface area contributed by atoms with Crippen molar-refractivity contribution in [2.45, 2.75) is 25.3 Å². The summed E-state index contributed by atoms with van der Waals surface area (Å²) in [5, 5.41) is 5.51.